The fourth-order valence-corrected chi connectivity index (χ4v) is 5.00. The molecular weight excluding hydrogens is 294 g/mol. The Kier molecular flexibility index (Phi) is 4.94. The molecule has 1 aliphatic rings. The molecular formula is C18H23NS2. The summed E-state index contributed by atoms with van der Waals surface area (Å²) in [5.74, 6) is 0. The SMILES string of the molecule is Cc1ccsc1C(=CCCN1CCCC1)c1sccc1C. The first-order valence-corrected chi connectivity index (χ1v) is 9.53. The average molecular weight is 318 g/mol. The van der Waals surface area contributed by atoms with Gasteiger partial charge in [-0.05, 0) is 80.2 Å². The molecule has 21 heavy (non-hydrogen) atoms. The van der Waals surface area contributed by atoms with E-state index in [0.717, 1.165) is 6.42 Å². The van der Waals surface area contributed by atoms with Crippen molar-refractivity contribution < 1.29 is 0 Å². The molecule has 0 aromatic carbocycles. The minimum absolute atomic E-state index is 1.16. The van der Waals surface area contributed by atoms with Gasteiger partial charge in [0.2, 0.25) is 0 Å². The lowest BCUT2D eigenvalue weighted by Gasteiger charge is -2.13. The monoisotopic (exact) mass is 317 g/mol. The van der Waals surface area contributed by atoms with Crippen LogP contribution in [0.2, 0.25) is 0 Å². The van der Waals surface area contributed by atoms with Crippen LogP contribution in [0.15, 0.2) is 29.0 Å². The van der Waals surface area contributed by atoms with Gasteiger partial charge in [-0.25, -0.2) is 0 Å². The van der Waals surface area contributed by atoms with Crippen LogP contribution in [0, 0.1) is 13.8 Å². The minimum atomic E-state index is 1.16. The van der Waals surface area contributed by atoms with Crippen molar-refractivity contribution in [3.05, 3.63) is 49.9 Å². The van der Waals surface area contributed by atoms with Gasteiger partial charge in [-0.1, -0.05) is 6.08 Å². The van der Waals surface area contributed by atoms with E-state index in [4.69, 9.17) is 0 Å². The largest absolute Gasteiger partial charge is 0.303 e. The number of rotatable bonds is 5. The molecule has 0 N–H and O–H groups in total. The third-order valence-electron chi connectivity index (χ3n) is 4.21. The highest BCUT2D eigenvalue weighted by atomic mass is 32.1. The standard InChI is InChI=1S/C18H23NS2/c1-14-7-12-20-17(14)16(18-15(2)8-13-21-18)6-5-11-19-9-3-4-10-19/h6-8,12-13H,3-5,9-11H2,1-2H3. The Balaban J connectivity index is 1.82. The fourth-order valence-electron chi connectivity index (χ4n) is 2.98. The van der Waals surface area contributed by atoms with Crippen molar-refractivity contribution in [1.82, 2.24) is 4.90 Å². The van der Waals surface area contributed by atoms with Gasteiger partial charge in [-0.15, -0.1) is 22.7 Å². The molecule has 0 aliphatic carbocycles. The molecule has 1 aliphatic heterocycles. The van der Waals surface area contributed by atoms with Crippen LogP contribution in [0.5, 0.6) is 0 Å². The van der Waals surface area contributed by atoms with Crippen LogP contribution in [0.25, 0.3) is 5.57 Å². The van der Waals surface area contributed by atoms with Crippen molar-refractivity contribution in [1.29, 1.82) is 0 Å². The highest BCUT2D eigenvalue weighted by Gasteiger charge is 2.14. The topological polar surface area (TPSA) is 3.24 Å². The molecule has 0 radical (unpaired) electrons. The quantitative estimate of drug-likeness (QED) is 0.719. The molecule has 2 aromatic rings. The van der Waals surface area contributed by atoms with Gasteiger partial charge in [0, 0.05) is 21.9 Å². The Morgan fingerprint density at radius 2 is 1.62 bits per heavy atom. The summed E-state index contributed by atoms with van der Waals surface area (Å²) in [6, 6.07) is 4.47. The van der Waals surface area contributed by atoms with Crippen molar-refractivity contribution >= 4 is 28.2 Å². The molecule has 112 valence electrons. The summed E-state index contributed by atoms with van der Waals surface area (Å²) < 4.78 is 0. The zero-order chi connectivity index (χ0) is 14.7. The average Bonchev–Trinajstić information content (AvgIpc) is 3.18. The highest BCUT2D eigenvalue weighted by molar-refractivity contribution is 7.14. The lowest BCUT2D eigenvalue weighted by molar-refractivity contribution is 0.346. The summed E-state index contributed by atoms with van der Waals surface area (Å²) in [7, 11) is 0. The molecule has 0 saturated carbocycles. The van der Waals surface area contributed by atoms with Crippen LogP contribution in [-0.2, 0) is 0 Å². The second-order valence-electron chi connectivity index (χ2n) is 5.82. The first kappa shape index (κ1) is 15.0. The first-order chi connectivity index (χ1) is 10.3. The number of nitrogens with zero attached hydrogens (tertiary/aromatic N) is 1. The van der Waals surface area contributed by atoms with Crippen LogP contribution in [0.3, 0.4) is 0 Å². The van der Waals surface area contributed by atoms with Gasteiger partial charge >= 0.3 is 0 Å². The van der Waals surface area contributed by atoms with Gasteiger partial charge in [-0.2, -0.15) is 0 Å². The normalized spacial score (nSPS) is 15.5. The number of likely N-dealkylation sites (tertiary alicyclic amines) is 1. The molecule has 2 aromatic heterocycles. The summed E-state index contributed by atoms with van der Waals surface area (Å²) >= 11 is 3.74. The molecule has 0 spiro atoms. The Hall–Kier alpha value is -0.900. The Morgan fingerprint density at radius 1 is 1.05 bits per heavy atom. The maximum atomic E-state index is 2.59. The number of hydrogen-bond acceptors (Lipinski definition) is 3. The van der Waals surface area contributed by atoms with Gasteiger partial charge in [0.1, 0.15) is 0 Å². The molecule has 1 nitrogen and oxygen atoms in total. The Labute approximate surface area is 135 Å². The second-order valence-corrected chi connectivity index (χ2v) is 7.65. The molecule has 3 rings (SSSR count). The number of aryl methyl sites for hydroxylation is 2. The molecule has 1 fully saturated rings. The van der Waals surface area contributed by atoms with Gasteiger partial charge in [-0.3, -0.25) is 0 Å². The zero-order valence-corrected chi connectivity index (χ0v) is 14.5. The van der Waals surface area contributed by atoms with Crippen LogP contribution >= 0.6 is 22.7 Å². The van der Waals surface area contributed by atoms with E-state index in [1.165, 1.54) is 58.9 Å². The van der Waals surface area contributed by atoms with E-state index in [-0.39, 0.29) is 0 Å². The van der Waals surface area contributed by atoms with Gasteiger partial charge in [0.25, 0.3) is 0 Å². The number of hydrogen-bond donors (Lipinski definition) is 0. The molecule has 3 heterocycles. The summed E-state index contributed by atoms with van der Waals surface area (Å²) in [5.41, 5.74) is 4.26. The van der Waals surface area contributed by atoms with Crippen LogP contribution in [0.4, 0.5) is 0 Å². The smallest absolute Gasteiger partial charge is 0.0382 e. The number of thiophene rings is 2. The lowest BCUT2D eigenvalue weighted by atomic mass is 10.1. The maximum Gasteiger partial charge on any atom is 0.0382 e. The lowest BCUT2D eigenvalue weighted by Crippen LogP contribution is -2.19. The Bertz CT molecular complexity index is 572. The molecule has 0 unspecified atom stereocenters. The van der Waals surface area contributed by atoms with E-state index in [9.17, 15) is 0 Å². The predicted molar refractivity (Wildman–Crippen MR) is 95.5 cm³/mol. The van der Waals surface area contributed by atoms with Crippen LogP contribution < -0.4 is 0 Å². The zero-order valence-electron chi connectivity index (χ0n) is 12.9. The van der Waals surface area contributed by atoms with Crippen molar-refractivity contribution in [2.24, 2.45) is 0 Å². The van der Waals surface area contributed by atoms with E-state index in [0.29, 0.717) is 0 Å². The molecule has 1 saturated heterocycles. The third-order valence-corrected chi connectivity index (χ3v) is 6.31. The van der Waals surface area contributed by atoms with Crippen molar-refractivity contribution in [3.8, 4) is 0 Å². The molecule has 0 amide bonds. The summed E-state index contributed by atoms with van der Waals surface area (Å²) in [4.78, 5) is 5.49. The van der Waals surface area contributed by atoms with Gasteiger partial charge in [0.15, 0.2) is 0 Å². The third kappa shape index (κ3) is 3.47. The summed E-state index contributed by atoms with van der Waals surface area (Å²) in [6.07, 6.45) is 6.38. The van der Waals surface area contributed by atoms with Gasteiger partial charge < -0.3 is 4.90 Å². The molecule has 0 bridgehead atoms. The van der Waals surface area contributed by atoms with E-state index in [1.54, 1.807) is 0 Å². The molecule has 0 atom stereocenters. The highest BCUT2D eigenvalue weighted by Crippen LogP contribution is 2.35. The summed E-state index contributed by atoms with van der Waals surface area (Å²) in [6.45, 7) is 8.24. The minimum Gasteiger partial charge on any atom is -0.303 e. The van der Waals surface area contributed by atoms with Crippen LogP contribution in [0.1, 0.15) is 40.1 Å². The van der Waals surface area contributed by atoms with E-state index in [2.05, 4.69) is 47.7 Å². The maximum absolute atomic E-state index is 2.59. The van der Waals surface area contributed by atoms with Crippen LogP contribution in [-0.4, -0.2) is 24.5 Å². The van der Waals surface area contributed by atoms with E-state index in [1.807, 2.05) is 22.7 Å². The van der Waals surface area contributed by atoms with E-state index >= 15 is 0 Å². The van der Waals surface area contributed by atoms with E-state index < -0.39 is 0 Å². The Morgan fingerprint density at radius 3 is 2.10 bits per heavy atom. The van der Waals surface area contributed by atoms with Crippen molar-refractivity contribution in [2.75, 3.05) is 19.6 Å². The van der Waals surface area contributed by atoms with Crippen molar-refractivity contribution in [2.45, 2.75) is 33.1 Å². The van der Waals surface area contributed by atoms with Gasteiger partial charge in [0.05, 0.1) is 0 Å². The second kappa shape index (κ2) is 6.91. The fraction of sp³-hybridized carbons (Fsp3) is 0.444. The summed E-state index contributed by atoms with van der Waals surface area (Å²) in [5, 5.41) is 4.42. The predicted octanol–water partition coefficient (Wildman–Crippen LogP) is 5.34. The first-order valence-electron chi connectivity index (χ1n) is 7.77. The molecule has 3 heteroatoms. The van der Waals surface area contributed by atoms with Crippen molar-refractivity contribution in [3.63, 3.8) is 0 Å².